The first-order valence-corrected chi connectivity index (χ1v) is 9.66. The lowest BCUT2D eigenvalue weighted by atomic mass is 10.2. The van der Waals surface area contributed by atoms with Crippen LogP contribution >= 0.6 is 22.9 Å². The van der Waals surface area contributed by atoms with Crippen molar-refractivity contribution < 1.29 is 17.2 Å². The minimum atomic E-state index is -4.15. The Bertz CT molecular complexity index is 1030. The summed E-state index contributed by atoms with van der Waals surface area (Å²) < 4.78 is 55.7. The Balaban J connectivity index is 2.30. The average molecular weight is 404 g/mol. The third-order valence-corrected chi connectivity index (χ3v) is 6.78. The van der Waals surface area contributed by atoms with Crippen molar-refractivity contribution in [1.82, 2.24) is 14.3 Å². The van der Waals surface area contributed by atoms with Gasteiger partial charge in [-0.05, 0) is 31.3 Å². The highest BCUT2D eigenvalue weighted by Crippen LogP contribution is 2.34. The number of hydrogen-bond donors (Lipinski definition) is 1. The zero-order chi connectivity index (χ0) is 18.2. The molecule has 0 bridgehead atoms. The number of rotatable bonds is 5. The van der Waals surface area contributed by atoms with Crippen LogP contribution in [0.25, 0.3) is 11.3 Å². The number of thiophene rings is 1. The van der Waals surface area contributed by atoms with Gasteiger partial charge in [0.15, 0.2) is 5.82 Å². The smallest absolute Gasteiger partial charge is 0.277 e. The van der Waals surface area contributed by atoms with Gasteiger partial charge in [-0.25, -0.2) is 13.3 Å². The highest BCUT2D eigenvalue weighted by Gasteiger charge is 2.29. The monoisotopic (exact) mass is 403 g/mol. The lowest BCUT2D eigenvalue weighted by Gasteiger charge is -2.09. The van der Waals surface area contributed by atoms with E-state index in [2.05, 4.69) is 10.3 Å². The molecule has 0 saturated heterocycles. The van der Waals surface area contributed by atoms with Crippen LogP contribution in [0.5, 0.6) is 0 Å². The zero-order valence-corrected chi connectivity index (χ0v) is 15.2. The predicted molar refractivity (Wildman–Crippen MR) is 92.3 cm³/mol. The summed E-state index contributed by atoms with van der Waals surface area (Å²) >= 11 is 6.65. The van der Waals surface area contributed by atoms with Crippen molar-refractivity contribution in [2.45, 2.75) is 10.8 Å². The van der Waals surface area contributed by atoms with Crippen molar-refractivity contribution in [2.24, 2.45) is 0 Å². The van der Waals surface area contributed by atoms with Gasteiger partial charge in [-0.15, -0.1) is 11.3 Å². The van der Waals surface area contributed by atoms with Gasteiger partial charge in [-0.2, -0.15) is 12.8 Å². The fourth-order valence-corrected chi connectivity index (χ4v) is 5.31. The molecule has 0 saturated carbocycles. The molecule has 5 nitrogen and oxygen atoms in total. The summed E-state index contributed by atoms with van der Waals surface area (Å²) in [5, 5.41) is 2.75. The molecule has 0 radical (unpaired) electrons. The molecule has 3 aromatic heterocycles. The second-order valence-electron chi connectivity index (χ2n) is 5.05. The van der Waals surface area contributed by atoms with Crippen molar-refractivity contribution in [2.75, 3.05) is 7.05 Å². The first kappa shape index (κ1) is 18.0. The quantitative estimate of drug-likeness (QED) is 0.662. The van der Waals surface area contributed by atoms with Gasteiger partial charge in [0.1, 0.15) is 9.90 Å². The second kappa shape index (κ2) is 6.83. The standard InChI is InChI=1S/C15H12ClF2N3O2S2/c1-19-7-9-8-21(25(22,23)12-5-4-11(16)24-12)14(13(9)17)10-3-2-6-20-15(10)18/h2-6,8,19H,7H2,1H3. The van der Waals surface area contributed by atoms with E-state index in [0.717, 1.165) is 21.5 Å². The lowest BCUT2D eigenvalue weighted by Crippen LogP contribution is -2.13. The Morgan fingerprint density at radius 1 is 1.32 bits per heavy atom. The molecule has 0 spiro atoms. The molecule has 0 amide bonds. The van der Waals surface area contributed by atoms with E-state index in [0.29, 0.717) is 0 Å². The number of aromatic nitrogens is 2. The summed E-state index contributed by atoms with van der Waals surface area (Å²) in [5.41, 5.74) is -0.555. The van der Waals surface area contributed by atoms with Crippen molar-refractivity contribution in [3.8, 4) is 11.3 Å². The topological polar surface area (TPSA) is 64.0 Å². The number of halogens is 3. The molecule has 1 N–H and O–H groups in total. The molecule has 0 atom stereocenters. The number of nitrogens with zero attached hydrogens (tertiary/aromatic N) is 2. The summed E-state index contributed by atoms with van der Waals surface area (Å²) in [6, 6.07) is 5.43. The van der Waals surface area contributed by atoms with E-state index in [9.17, 15) is 17.2 Å². The minimum absolute atomic E-state index is 0.0749. The minimum Gasteiger partial charge on any atom is -0.316 e. The molecule has 3 heterocycles. The third-order valence-electron chi connectivity index (χ3n) is 3.43. The molecule has 0 aliphatic heterocycles. The Kier molecular flexibility index (Phi) is 4.92. The summed E-state index contributed by atoms with van der Waals surface area (Å²) in [4.78, 5) is 3.48. The molecular weight excluding hydrogens is 392 g/mol. The summed E-state index contributed by atoms with van der Waals surface area (Å²) in [6.07, 6.45) is 2.34. The number of nitrogens with one attached hydrogen (secondary N) is 1. The molecule has 25 heavy (non-hydrogen) atoms. The van der Waals surface area contributed by atoms with E-state index in [1.54, 1.807) is 7.05 Å². The van der Waals surface area contributed by atoms with E-state index in [-0.39, 0.29) is 26.2 Å². The first-order chi connectivity index (χ1) is 11.9. The molecule has 3 aromatic rings. The van der Waals surface area contributed by atoms with Crippen molar-refractivity contribution in [3.63, 3.8) is 0 Å². The summed E-state index contributed by atoms with van der Waals surface area (Å²) in [5.74, 6) is -1.79. The van der Waals surface area contributed by atoms with Crippen LogP contribution in [0.4, 0.5) is 8.78 Å². The van der Waals surface area contributed by atoms with Gasteiger partial charge >= 0.3 is 0 Å². The highest BCUT2D eigenvalue weighted by molar-refractivity contribution is 7.92. The predicted octanol–water partition coefficient (Wildman–Crippen LogP) is 3.50. The van der Waals surface area contributed by atoms with E-state index < -0.39 is 27.5 Å². The third kappa shape index (κ3) is 3.20. The summed E-state index contributed by atoms with van der Waals surface area (Å²) in [6.45, 7) is 0.0778. The largest absolute Gasteiger partial charge is 0.316 e. The van der Waals surface area contributed by atoms with Gasteiger partial charge in [-0.1, -0.05) is 11.6 Å². The molecule has 0 aliphatic rings. The van der Waals surface area contributed by atoms with E-state index in [1.807, 2.05) is 0 Å². The van der Waals surface area contributed by atoms with E-state index in [4.69, 9.17) is 11.6 Å². The second-order valence-corrected chi connectivity index (χ2v) is 8.81. The van der Waals surface area contributed by atoms with Crippen LogP contribution in [0.1, 0.15) is 5.56 Å². The van der Waals surface area contributed by atoms with Crippen LogP contribution in [0.15, 0.2) is 40.9 Å². The Labute approximate surface area is 151 Å². The lowest BCUT2D eigenvalue weighted by molar-refractivity contribution is 0.575. The van der Waals surface area contributed by atoms with Gasteiger partial charge in [0.25, 0.3) is 10.0 Å². The van der Waals surface area contributed by atoms with E-state index >= 15 is 0 Å². The van der Waals surface area contributed by atoms with Crippen molar-refractivity contribution in [1.29, 1.82) is 0 Å². The molecular formula is C15H12ClF2N3O2S2. The maximum absolute atomic E-state index is 14.9. The zero-order valence-electron chi connectivity index (χ0n) is 12.8. The number of pyridine rings is 1. The van der Waals surface area contributed by atoms with Gasteiger partial charge in [0.05, 0.1) is 9.90 Å². The van der Waals surface area contributed by atoms with Crippen LogP contribution in [0.3, 0.4) is 0 Å². The Morgan fingerprint density at radius 2 is 2.08 bits per heavy atom. The highest BCUT2D eigenvalue weighted by atomic mass is 35.5. The van der Waals surface area contributed by atoms with Crippen LogP contribution in [-0.4, -0.2) is 24.4 Å². The molecule has 3 rings (SSSR count). The SMILES string of the molecule is CNCc1cn(S(=O)(=O)c2ccc(Cl)s2)c(-c2cccnc2F)c1F. The van der Waals surface area contributed by atoms with Gasteiger partial charge in [0.2, 0.25) is 5.95 Å². The maximum atomic E-state index is 14.9. The fraction of sp³-hybridized carbons (Fsp3) is 0.133. The van der Waals surface area contributed by atoms with Crippen molar-refractivity contribution >= 4 is 33.0 Å². The Morgan fingerprint density at radius 3 is 2.68 bits per heavy atom. The normalized spacial score (nSPS) is 11.8. The molecule has 10 heteroatoms. The van der Waals surface area contributed by atoms with Crippen molar-refractivity contribution in [3.05, 3.63) is 58.3 Å². The Hall–Kier alpha value is -1.81. The van der Waals surface area contributed by atoms with Crippen LogP contribution < -0.4 is 5.32 Å². The molecule has 0 unspecified atom stereocenters. The van der Waals surface area contributed by atoms with Crippen LogP contribution in [-0.2, 0) is 16.6 Å². The van der Waals surface area contributed by atoms with Gasteiger partial charge in [0, 0.05) is 24.5 Å². The maximum Gasteiger partial charge on any atom is 0.277 e. The summed E-state index contributed by atoms with van der Waals surface area (Å²) in [7, 11) is -2.55. The van der Waals surface area contributed by atoms with Crippen LogP contribution in [0, 0.1) is 11.8 Å². The number of hydrogen-bond acceptors (Lipinski definition) is 5. The van der Waals surface area contributed by atoms with E-state index in [1.165, 1.54) is 30.5 Å². The van der Waals surface area contributed by atoms with Gasteiger partial charge in [-0.3, -0.25) is 0 Å². The van der Waals surface area contributed by atoms with Crippen LogP contribution in [0.2, 0.25) is 4.34 Å². The molecule has 132 valence electrons. The molecule has 0 aliphatic carbocycles. The average Bonchev–Trinajstić information content (AvgIpc) is 3.14. The molecule has 0 aromatic carbocycles. The molecule has 0 fully saturated rings. The fourth-order valence-electron chi connectivity index (χ4n) is 2.35. The van der Waals surface area contributed by atoms with Gasteiger partial charge < -0.3 is 5.32 Å². The first-order valence-electron chi connectivity index (χ1n) is 7.02.